The predicted octanol–water partition coefficient (Wildman–Crippen LogP) is 2.93. The monoisotopic (exact) mass is 172 g/mol. The molecule has 0 saturated carbocycles. The van der Waals surface area contributed by atoms with E-state index in [-0.39, 0.29) is 0 Å². The fourth-order valence-electron chi connectivity index (χ4n) is 1.07. The summed E-state index contributed by atoms with van der Waals surface area (Å²) in [5, 5.41) is 0. The van der Waals surface area contributed by atoms with Crippen molar-refractivity contribution in [2.75, 3.05) is 0 Å². The Morgan fingerprint density at radius 2 is 2.08 bits per heavy atom. The Balaban J connectivity index is 3.02. The zero-order valence-corrected chi connectivity index (χ0v) is 7.66. The molecule has 0 bridgehead atoms. The van der Waals surface area contributed by atoms with Crippen LogP contribution in [0.1, 0.15) is 18.1 Å². The maximum atomic E-state index is 10.4. The van der Waals surface area contributed by atoms with Crippen LogP contribution in [0, 0.1) is 0 Å². The van der Waals surface area contributed by atoms with Crippen molar-refractivity contribution in [2.45, 2.75) is 6.92 Å². The SMILES string of the molecule is C=Cc1cccc(C=C(C)C=O)c1. The molecule has 0 fully saturated rings. The van der Waals surface area contributed by atoms with Crippen molar-refractivity contribution in [1.82, 2.24) is 0 Å². The summed E-state index contributed by atoms with van der Waals surface area (Å²) in [5.74, 6) is 0. The van der Waals surface area contributed by atoms with E-state index in [9.17, 15) is 4.79 Å². The van der Waals surface area contributed by atoms with Crippen molar-refractivity contribution in [1.29, 1.82) is 0 Å². The number of carbonyl (C=O) groups is 1. The second-order valence-electron chi connectivity index (χ2n) is 2.88. The molecule has 0 aliphatic carbocycles. The molecule has 0 heterocycles. The molecule has 0 spiro atoms. The molecule has 0 aliphatic rings. The average Bonchev–Trinajstić information content (AvgIpc) is 2.18. The van der Waals surface area contributed by atoms with Gasteiger partial charge in [0.1, 0.15) is 6.29 Å². The van der Waals surface area contributed by atoms with Crippen LogP contribution in [0.25, 0.3) is 12.2 Å². The highest BCUT2D eigenvalue weighted by molar-refractivity contribution is 5.80. The highest BCUT2D eigenvalue weighted by Crippen LogP contribution is 2.09. The molecule has 0 saturated heterocycles. The van der Waals surface area contributed by atoms with Crippen LogP contribution in [0.5, 0.6) is 0 Å². The van der Waals surface area contributed by atoms with E-state index in [2.05, 4.69) is 6.58 Å². The molecule has 0 unspecified atom stereocenters. The van der Waals surface area contributed by atoms with Gasteiger partial charge in [0.15, 0.2) is 0 Å². The number of allylic oxidation sites excluding steroid dienone is 1. The molecule has 13 heavy (non-hydrogen) atoms. The van der Waals surface area contributed by atoms with Crippen LogP contribution >= 0.6 is 0 Å². The van der Waals surface area contributed by atoms with Gasteiger partial charge in [-0.15, -0.1) is 0 Å². The fourth-order valence-corrected chi connectivity index (χ4v) is 1.07. The number of aldehydes is 1. The molecule has 0 atom stereocenters. The first-order valence-corrected chi connectivity index (χ1v) is 4.12. The molecule has 1 nitrogen and oxygen atoms in total. The quantitative estimate of drug-likeness (QED) is 0.506. The lowest BCUT2D eigenvalue weighted by molar-refractivity contribution is -0.104. The number of hydrogen-bond donors (Lipinski definition) is 0. The van der Waals surface area contributed by atoms with Crippen molar-refractivity contribution in [3.63, 3.8) is 0 Å². The second kappa shape index (κ2) is 4.41. The third kappa shape index (κ3) is 2.71. The summed E-state index contributed by atoms with van der Waals surface area (Å²) in [6.45, 7) is 5.47. The standard InChI is InChI=1S/C12H12O/c1-3-11-5-4-6-12(8-11)7-10(2)9-13/h3-9H,1H2,2H3. The van der Waals surface area contributed by atoms with E-state index < -0.39 is 0 Å². The molecule has 1 rings (SSSR count). The summed E-state index contributed by atoms with van der Waals surface area (Å²) < 4.78 is 0. The van der Waals surface area contributed by atoms with Gasteiger partial charge in [-0.1, -0.05) is 30.9 Å². The Kier molecular flexibility index (Phi) is 3.21. The van der Waals surface area contributed by atoms with Crippen LogP contribution in [-0.2, 0) is 4.79 Å². The lowest BCUT2D eigenvalue weighted by Crippen LogP contribution is -1.79. The van der Waals surface area contributed by atoms with Gasteiger partial charge < -0.3 is 0 Å². The first kappa shape index (κ1) is 9.46. The minimum Gasteiger partial charge on any atom is -0.298 e. The van der Waals surface area contributed by atoms with Gasteiger partial charge in [-0.2, -0.15) is 0 Å². The zero-order valence-electron chi connectivity index (χ0n) is 7.66. The molecule has 0 N–H and O–H groups in total. The summed E-state index contributed by atoms with van der Waals surface area (Å²) >= 11 is 0. The van der Waals surface area contributed by atoms with Gasteiger partial charge in [0, 0.05) is 0 Å². The molecular formula is C12H12O. The molecule has 66 valence electrons. The van der Waals surface area contributed by atoms with Crippen molar-refractivity contribution in [2.24, 2.45) is 0 Å². The smallest absolute Gasteiger partial charge is 0.145 e. The number of hydrogen-bond acceptors (Lipinski definition) is 1. The third-order valence-electron chi connectivity index (χ3n) is 1.73. The van der Waals surface area contributed by atoms with E-state index in [4.69, 9.17) is 0 Å². The van der Waals surface area contributed by atoms with Crippen LogP contribution in [0.15, 0.2) is 36.4 Å². The van der Waals surface area contributed by atoms with Gasteiger partial charge in [-0.3, -0.25) is 4.79 Å². The highest BCUT2D eigenvalue weighted by Gasteiger charge is 1.90. The maximum Gasteiger partial charge on any atom is 0.145 e. The van der Waals surface area contributed by atoms with E-state index in [1.54, 1.807) is 13.0 Å². The minimum absolute atomic E-state index is 0.723. The molecule has 1 aromatic rings. The number of carbonyl (C=O) groups excluding carboxylic acids is 1. The Bertz CT molecular complexity index is 348. The Morgan fingerprint density at radius 1 is 1.38 bits per heavy atom. The van der Waals surface area contributed by atoms with Crippen LogP contribution in [-0.4, -0.2) is 6.29 Å². The minimum atomic E-state index is 0.723. The lowest BCUT2D eigenvalue weighted by atomic mass is 10.1. The third-order valence-corrected chi connectivity index (χ3v) is 1.73. The first-order valence-electron chi connectivity index (χ1n) is 4.12. The summed E-state index contributed by atoms with van der Waals surface area (Å²) in [7, 11) is 0. The Morgan fingerprint density at radius 3 is 2.69 bits per heavy atom. The van der Waals surface area contributed by atoms with Crippen molar-refractivity contribution in [3.8, 4) is 0 Å². The Labute approximate surface area is 78.4 Å². The maximum absolute atomic E-state index is 10.4. The van der Waals surface area contributed by atoms with Gasteiger partial charge in [0.25, 0.3) is 0 Å². The van der Waals surface area contributed by atoms with Crippen LogP contribution in [0.2, 0.25) is 0 Å². The summed E-state index contributed by atoms with van der Waals surface area (Å²) in [6, 6.07) is 7.86. The summed E-state index contributed by atoms with van der Waals surface area (Å²) in [5.41, 5.74) is 2.82. The summed E-state index contributed by atoms with van der Waals surface area (Å²) in [4.78, 5) is 10.4. The van der Waals surface area contributed by atoms with Crippen LogP contribution in [0.4, 0.5) is 0 Å². The zero-order chi connectivity index (χ0) is 9.68. The van der Waals surface area contributed by atoms with Gasteiger partial charge in [-0.05, 0) is 35.8 Å². The predicted molar refractivity (Wildman–Crippen MR) is 56.2 cm³/mol. The van der Waals surface area contributed by atoms with Crippen molar-refractivity contribution >= 4 is 18.4 Å². The van der Waals surface area contributed by atoms with Crippen molar-refractivity contribution < 1.29 is 4.79 Å². The number of rotatable bonds is 3. The normalized spacial score (nSPS) is 11.0. The van der Waals surface area contributed by atoms with E-state index in [1.807, 2.05) is 30.3 Å². The van der Waals surface area contributed by atoms with Gasteiger partial charge in [0.05, 0.1) is 0 Å². The lowest BCUT2D eigenvalue weighted by Gasteiger charge is -1.96. The molecule has 1 aromatic carbocycles. The van der Waals surface area contributed by atoms with Crippen LogP contribution < -0.4 is 0 Å². The number of benzene rings is 1. The molecular weight excluding hydrogens is 160 g/mol. The van der Waals surface area contributed by atoms with Crippen LogP contribution in [0.3, 0.4) is 0 Å². The van der Waals surface area contributed by atoms with E-state index in [1.165, 1.54) is 0 Å². The molecule has 0 amide bonds. The van der Waals surface area contributed by atoms with Gasteiger partial charge in [0.2, 0.25) is 0 Å². The fraction of sp³-hybridized carbons (Fsp3) is 0.0833. The van der Waals surface area contributed by atoms with Crippen molar-refractivity contribution in [3.05, 3.63) is 47.5 Å². The highest BCUT2D eigenvalue weighted by atomic mass is 16.1. The first-order chi connectivity index (χ1) is 6.26. The summed E-state index contributed by atoms with van der Waals surface area (Å²) in [6.07, 6.45) is 4.48. The Hall–Kier alpha value is -1.63. The molecule has 1 heteroatoms. The second-order valence-corrected chi connectivity index (χ2v) is 2.88. The largest absolute Gasteiger partial charge is 0.298 e. The topological polar surface area (TPSA) is 17.1 Å². The average molecular weight is 172 g/mol. The van der Waals surface area contributed by atoms with E-state index in [0.29, 0.717) is 0 Å². The van der Waals surface area contributed by atoms with E-state index >= 15 is 0 Å². The van der Waals surface area contributed by atoms with E-state index in [0.717, 1.165) is 23.0 Å². The molecule has 0 aliphatic heterocycles. The molecule has 0 aromatic heterocycles. The van der Waals surface area contributed by atoms with Gasteiger partial charge >= 0.3 is 0 Å². The molecule has 0 radical (unpaired) electrons. The van der Waals surface area contributed by atoms with Gasteiger partial charge in [-0.25, -0.2) is 0 Å².